The van der Waals surface area contributed by atoms with Crippen molar-refractivity contribution >= 4 is 18.7 Å². The fourth-order valence-corrected chi connectivity index (χ4v) is 2.51. The number of phosphoric ester groups is 1. The van der Waals surface area contributed by atoms with Crippen LogP contribution in [0.2, 0.25) is 0 Å². The molecule has 6 heteroatoms. The van der Waals surface area contributed by atoms with Gasteiger partial charge in [0.1, 0.15) is 5.75 Å². The number of rotatable bonds is 3. The Balaban J connectivity index is 2.22. The number of hydrogen-bond acceptors (Lipinski definition) is 3. The van der Waals surface area contributed by atoms with E-state index in [9.17, 15) is 4.57 Å². The van der Waals surface area contributed by atoms with Gasteiger partial charge in [-0.05, 0) is 12.1 Å². The first-order chi connectivity index (χ1) is 10.0. The topological polar surface area (TPSA) is 79.7 Å². The summed E-state index contributed by atoms with van der Waals surface area (Å²) in [6.07, 6.45) is 0. The molecule has 0 aliphatic rings. The molecule has 3 aromatic rings. The summed E-state index contributed by atoms with van der Waals surface area (Å²) in [5, 5.41) is 0.556. The van der Waals surface area contributed by atoms with Crippen molar-refractivity contribution in [2.45, 2.75) is 0 Å². The lowest BCUT2D eigenvalue weighted by atomic mass is 10.1. The monoisotopic (exact) mass is 301 g/mol. The van der Waals surface area contributed by atoms with Crippen molar-refractivity contribution in [1.82, 2.24) is 4.98 Å². The first kappa shape index (κ1) is 13.8. The highest BCUT2D eigenvalue weighted by Crippen LogP contribution is 2.41. The summed E-state index contributed by atoms with van der Waals surface area (Å²) in [5.41, 5.74) is 2.05. The molecule has 21 heavy (non-hydrogen) atoms. The molecule has 1 aromatic heterocycles. The average molecular weight is 301 g/mol. The molecule has 0 bridgehead atoms. The Bertz CT molecular complexity index is 829. The molecule has 0 radical (unpaired) electrons. The van der Waals surface area contributed by atoms with Crippen LogP contribution in [0.4, 0.5) is 0 Å². The molecule has 0 atom stereocenters. The van der Waals surface area contributed by atoms with E-state index in [1.807, 2.05) is 36.4 Å². The van der Waals surface area contributed by atoms with Gasteiger partial charge >= 0.3 is 7.82 Å². The zero-order valence-corrected chi connectivity index (χ0v) is 11.8. The minimum Gasteiger partial charge on any atom is -0.403 e. The zero-order valence-electron chi connectivity index (χ0n) is 10.9. The van der Waals surface area contributed by atoms with Gasteiger partial charge in [-0.25, -0.2) is 9.55 Å². The van der Waals surface area contributed by atoms with Crippen molar-refractivity contribution in [2.24, 2.45) is 0 Å². The molecule has 3 rings (SSSR count). The molecule has 0 fully saturated rings. The maximum Gasteiger partial charge on any atom is 0.524 e. The van der Waals surface area contributed by atoms with Crippen LogP contribution in [-0.2, 0) is 4.57 Å². The van der Waals surface area contributed by atoms with Crippen molar-refractivity contribution < 1.29 is 18.9 Å². The number of aromatic nitrogens is 1. The van der Waals surface area contributed by atoms with E-state index in [2.05, 4.69) is 4.98 Å². The molecule has 2 N–H and O–H groups in total. The normalized spacial score (nSPS) is 11.5. The Morgan fingerprint density at radius 3 is 2.33 bits per heavy atom. The second-order valence-corrected chi connectivity index (χ2v) is 5.63. The van der Waals surface area contributed by atoms with Gasteiger partial charge in [-0.3, -0.25) is 9.79 Å². The largest absolute Gasteiger partial charge is 0.524 e. The van der Waals surface area contributed by atoms with Gasteiger partial charge in [0.05, 0.1) is 11.2 Å². The van der Waals surface area contributed by atoms with E-state index in [1.165, 1.54) is 6.07 Å². The highest BCUT2D eigenvalue weighted by Gasteiger charge is 2.19. The molecule has 1 heterocycles. The Morgan fingerprint density at radius 1 is 0.952 bits per heavy atom. The number of nitrogens with zero attached hydrogens (tertiary/aromatic N) is 1. The van der Waals surface area contributed by atoms with Gasteiger partial charge in [0, 0.05) is 17.0 Å². The van der Waals surface area contributed by atoms with E-state index in [-0.39, 0.29) is 5.75 Å². The molecule has 0 amide bonds. The van der Waals surface area contributed by atoms with Crippen LogP contribution in [-0.4, -0.2) is 14.8 Å². The van der Waals surface area contributed by atoms with Crippen molar-refractivity contribution in [3.8, 4) is 17.0 Å². The molecule has 5 nitrogen and oxygen atoms in total. The predicted molar refractivity (Wildman–Crippen MR) is 79.9 cm³/mol. The third kappa shape index (κ3) is 3.11. The molecule has 0 aliphatic carbocycles. The van der Waals surface area contributed by atoms with E-state index < -0.39 is 7.82 Å². The maximum atomic E-state index is 11.1. The zero-order chi connectivity index (χ0) is 14.9. The van der Waals surface area contributed by atoms with Crippen molar-refractivity contribution in [1.29, 1.82) is 0 Å². The molecule has 0 aliphatic heterocycles. The number of phosphoric acid groups is 1. The van der Waals surface area contributed by atoms with Crippen LogP contribution in [0.15, 0.2) is 60.7 Å². The fraction of sp³-hybridized carbons (Fsp3) is 0. The quantitative estimate of drug-likeness (QED) is 0.725. The van der Waals surface area contributed by atoms with Crippen molar-refractivity contribution in [2.75, 3.05) is 0 Å². The number of benzene rings is 2. The van der Waals surface area contributed by atoms with E-state index in [0.29, 0.717) is 16.6 Å². The average Bonchev–Trinajstić information content (AvgIpc) is 2.46. The minimum atomic E-state index is -4.63. The Kier molecular flexibility index (Phi) is 3.47. The second-order valence-electron chi connectivity index (χ2n) is 4.47. The lowest BCUT2D eigenvalue weighted by molar-refractivity contribution is 0.284. The van der Waals surface area contributed by atoms with Crippen molar-refractivity contribution in [3.05, 3.63) is 60.7 Å². The van der Waals surface area contributed by atoms with E-state index >= 15 is 0 Å². The molecule has 0 saturated carbocycles. The number of para-hydroxylation sites is 1. The first-order valence-corrected chi connectivity index (χ1v) is 7.76. The third-order valence-electron chi connectivity index (χ3n) is 2.97. The molecular weight excluding hydrogens is 289 g/mol. The lowest BCUT2D eigenvalue weighted by Crippen LogP contribution is -1.94. The number of pyridine rings is 1. The van der Waals surface area contributed by atoms with Gasteiger partial charge < -0.3 is 4.52 Å². The lowest BCUT2D eigenvalue weighted by Gasteiger charge is -2.11. The standard InChI is InChI=1S/C15H12NO4P/c17-21(18,19)20-15-10-14(11-6-2-1-3-7-11)16-13-9-5-4-8-12(13)15/h1-10H,(H2,17,18,19). The fourth-order valence-electron chi connectivity index (χ4n) is 2.10. The molecule has 106 valence electrons. The SMILES string of the molecule is O=P(O)(O)Oc1cc(-c2ccccc2)nc2ccccc12. The predicted octanol–water partition coefficient (Wildman–Crippen LogP) is 3.37. The molecule has 0 spiro atoms. The van der Waals surface area contributed by atoms with Crippen LogP contribution in [0.25, 0.3) is 22.2 Å². The van der Waals surface area contributed by atoms with E-state index in [1.54, 1.807) is 18.2 Å². The first-order valence-electron chi connectivity index (χ1n) is 6.23. The summed E-state index contributed by atoms with van der Waals surface area (Å²) in [4.78, 5) is 22.6. The van der Waals surface area contributed by atoms with Crippen LogP contribution in [0.5, 0.6) is 5.75 Å². The number of hydrogen-bond donors (Lipinski definition) is 2. The van der Waals surface area contributed by atoms with Crippen LogP contribution in [0.1, 0.15) is 0 Å². The van der Waals surface area contributed by atoms with Crippen LogP contribution >= 0.6 is 7.82 Å². The molecule has 0 unspecified atom stereocenters. The summed E-state index contributed by atoms with van der Waals surface area (Å²) in [6.45, 7) is 0. The highest BCUT2D eigenvalue weighted by atomic mass is 31.2. The van der Waals surface area contributed by atoms with Gasteiger partial charge in [-0.2, -0.15) is 0 Å². The number of fused-ring (bicyclic) bond motifs is 1. The summed E-state index contributed by atoms with van der Waals surface area (Å²) in [5.74, 6) is 0.118. The molecule has 0 saturated heterocycles. The van der Waals surface area contributed by atoms with Gasteiger partial charge in [0.15, 0.2) is 0 Å². The Morgan fingerprint density at radius 2 is 1.62 bits per heavy atom. The van der Waals surface area contributed by atoms with Gasteiger partial charge in [0.25, 0.3) is 0 Å². The second kappa shape index (κ2) is 5.30. The van der Waals surface area contributed by atoms with Gasteiger partial charge in [-0.1, -0.05) is 42.5 Å². The Hall–Kier alpha value is -2.20. The summed E-state index contributed by atoms with van der Waals surface area (Å²) in [7, 11) is -4.63. The van der Waals surface area contributed by atoms with E-state index in [0.717, 1.165) is 5.56 Å². The summed E-state index contributed by atoms with van der Waals surface area (Å²) >= 11 is 0. The third-order valence-corrected chi connectivity index (χ3v) is 3.40. The summed E-state index contributed by atoms with van der Waals surface area (Å²) in [6, 6.07) is 18.0. The van der Waals surface area contributed by atoms with Crippen molar-refractivity contribution in [3.63, 3.8) is 0 Å². The minimum absolute atomic E-state index is 0.118. The highest BCUT2D eigenvalue weighted by molar-refractivity contribution is 7.46. The maximum absolute atomic E-state index is 11.1. The van der Waals surface area contributed by atoms with Crippen LogP contribution in [0, 0.1) is 0 Å². The molecule has 2 aromatic carbocycles. The van der Waals surface area contributed by atoms with Gasteiger partial charge in [-0.15, -0.1) is 0 Å². The smallest absolute Gasteiger partial charge is 0.403 e. The van der Waals surface area contributed by atoms with E-state index in [4.69, 9.17) is 14.3 Å². The Labute approximate surface area is 121 Å². The molecular formula is C15H12NO4P. The summed E-state index contributed by atoms with van der Waals surface area (Å²) < 4.78 is 15.9. The van der Waals surface area contributed by atoms with Crippen LogP contribution < -0.4 is 4.52 Å². The van der Waals surface area contributed by atoms with Gasteiger partial charge in [0.2, 0.25) is 0 Å². The van der Waals surface area contributed by atoms with Crippen LogP contribution in [0.3, 0.4) is 0 Å².